The minimum Gasteiger partial charge on any atom is -0.494 e. The van der Waals surface area contributed by atoms with Crippen molar-refractivity contribution in [3.8, 4) is 5.75 Å². The second kappa shape index (κ2) is 12.9. The van der Waals surface area contributed by atoms with Gasteiger partial charge in [0.25, 0.3) is 0 Å². The Morgan fingerprint density at radius 2 is 1.65 bits per heavy atom. The molecule has 0 radical (unpaired) electrons. The highest BCUT2D eigenvalue weighted by molar-refractivity contribution is 5.89. The van der Waals surface area contributed by atoms with Crippen molar-refractivity contribution < 1.29 is 19.3 Å². The van der Waals surface area contributed by atoms with E-state index in [1.54, 1.807) is 18.2 Å². The summed E-state index contributed by atoms with van der Waals surface area (Å²) in [5.74, 6) is 0.177. The van der Waals surface area contributed by atoms with Crippen LogP contribution < -0.4 is 4.74 Å². The maximum atomic E-state index is 11.8. The Hall–Kier alpha value is -1.55. The van der Waals surface area contributed by atoms with Crippen molar-refractivity contribution in [3.63, 3.8) is 0 Å². The minimum absolute atomic E-state index is 0.437. The molecule has 0 aliphatic rings. The zero-order valence-corrected chi connectivity index (χ0v) is 14.5. The van der Waals surface area contributed by atoms with E-state index >= 15 is 0 Å². The van der Waals surface area contributed by atoms with Crippen LogP contribution in [0, 0.1) is 0 Å². The molecule has 0 spiro atoms. The number of hydrogen-bond donors (Lipinski definition) is 0. The summed E-state index contributed by atoms with van der Waals surface area (Å²) < 4.78 is 5.35. The number of ether oxygens (including phenoxy) is 1. The molecule has 1 rings (SSSR count). The first-order valence-corrected chi connectivity index (χ1v) is 8.84. The smallest absolute Gasteiger partial charge is 0.373 e. The summed E-state index contributed by atoms with van der Waals surface area (Å²) in [6.07, 6.45) is 9.81. The molecule has 4 heteroatoms. The SMILES string of the molecule is CCCCCCCCCCOOC(=O)c1cccc(OCC)c1. The van der Waals surface area contributed by atoms with Gasteiger partial charge in [0.15, 0.2) is 0 Å². The number of carbonyl (C=O) groups excluding carboxylic acids is 1. The van der Waals surface area contributed by atoms with E-state index in [9.17, 15) is 4.79 Å². The molecule has 0 aromatic heterocycles. The van der Waals surface area contributed by atoms with Gasteiger partial charge < -0.3 is 4.74 Å². The van der Waals surface area contributed by atoms with E-state index in [1.165, 1.54) is 38.5 Å². The zero-order chi connectivity index (χ0) is 16.8. The van der Waals surface area contributed by atoms with E-state index in [0.717, 1.165) is 12.8 Å². The lowest BCUT2D eigenvalue weighted by molar-refractivity contribution is -0.241. The molecular formula is C19H30O4. The van der Waals surface area contributed by atoms with Crippen molar-refractivity contribution in [2.75, 3.05) is 13.2 Å². The lowest BCUT2D eigenvalue weighted by Gasteiger charge is -2.06. The number of rotatable bonds is 13. The molecule has 0 aliphatic carbocycles. The van der Waals surface area contributed by atoms with Gasteiger partial charge in [-0.15, -0.1) is 0 Å². The highest BCUT2D eigenvalue weighted by Crippen LogP contribution is 2.14. The maximum Gasteiger partial charge on any atom is 0.373 e. The fraction of sp³-hybridized carbons (Fsp3) is 0.632. The summed E-state index contributed by atoms with van der Waals surface area (Å²) in [6.45, 7) is 5.14. The van der Waals surface area contributed by atoms with E-state index < -0.39 is 5.97 Å². The first-order chi connectivity index (χ1) is 11.3. The Labute approximate surface area is 140 Å². The Balaban J connectivity index is 2.07. The predicted molar refractivity (Wildman–Crippen MR) is 91.6 cm³/mol. The summed E-state index contributed by atoms with van der Waals surface area (Å²) in [6, 6.07) is 6.91. The van der Waals surface area contributed by atoms with Gasteiger partial charge in [0.2, 0.25) is 0 Å². The van der Waals surface area contributed by atoms with E-state index in [-0.39, 0.29) is 0 Å². The van der Waals surface area contributed by atoms with Crippen LogP contribution in [0.1, 0.15) is 75.6 Å². The van der Waals surface area contributed by atoms with Gasteiger partial charge in [-0.3, -0.25) is 4.89 Å². The number of hydrogen-bond acceptors (Lipinski definition) is 4. The van der Waals surface area contributed by atoms with Crippen molar-refractivity contribution in [3.05, 3.63) is 29.8 Å². The Morgan fingerprint density at radius 3 is 2.35 bits per heavy atom. The standard InChI is InChI=1S/C19H30O4/c1-3-5-6-7-8-9-10-11-15-22-23-19(20)17-13-12-14-18(16-17)21-4-2/h12-14,16H,3-11,15H2,1-2H3. The lowest BCUT2D eigenvalue weighted by atomic mass is 10.1. The van der Waals surface area contributed by atoms with E-state index in [1.807, 2.05) is 13.0 Å². The van der Waals surface area contributed by atoms with Crippen LogP contribution in [0.3, 0.4) is 0 Å². The molecule has 1 aromatic carbocycles. The first-order valence-electron chi connectivity index (χ1n) is 8.84. The van der Waals surface area contributed by atoms with E-state index in [0.29, 0.717) is 24.5 Å². The molecule has 0 N–H and O–H groups in total. The third kappa shape index (κ3) is 9.24. The Morgan fingerprint density at radius 1 is 0.957 bits per heavy atom. The summed E-state index contributed by atoms with van der Waals surface area (Å²) in [4.78, 5) is 21.7. The van der Waals surface area contributed by atoms with Crippen LogP contribution in [0.15, 0.2) is 24.3 Å². The van der Waals surface area contributed by atoms with Crippen LogP contribution >= 0.6 is 0 Å². The van der Waals surface area contributed by atoms with Gasteiger partial charge in [0, 0.05) is 0 Å². The van der Waals surface area contributed by atoms with Crippen molar-refractivity contribution in [2.45, 2.75) is 65.2 Å². The van der Waals surface area contributed by atoms with Crippen LogP contribution in [-0.2, 0) is 9.78 Å². The highest BCUT2D eigenvalue weighted by atomic mass is 17.2. The van der Waals surface area contributed by atoms with Crippen molar-refractivity contribution in [1.82, 2.24) is 0 Å². The average Bonchev–Trinajstić information content (AvgIpc) is 2.57. The van der Waals surface area contributed by atoms with E-state index in [2.05, 4.69) is 6.92 Å². The van der Waals surface area contributed by atoms with Crippen molar-refractivity contribution >= 4 is 5.97 Å². The van der Waals surface area contributed by atoms with E-state index in [4.69, 9.17) is 14.5 Å². The normalized spacial score (nSPS) is 10.5. The van der Waals surface area contributed by atoms with Crippen molar-refractivity contribution in [1.29, 1.82) is 0 Å². The van der Waals surface area contributed by atoms with Gasteiger partial charge in [-0.1, -0.05) is 57.9 Å². The monoisotopic (exact) mass is 322 g/mol. The fourth-order valence-electron chi connectivity index (χ4n) is 2.32. The van der Waals surface area contributed by atoms with Gasteiger partial charge in [-0.2, -0.15) is 4.89 Å². The Bertz CT molecular complexity index is 431. The number of carbonyl (C=O) groups is 1. The maximum absolute atomic E-state index is 11.8. The molecular weight excluding hydrogens is 292 g/mol. The molecule has 0 bridgehead atoms. The molecule has 4 nitrogen and oxygen atoms in total. The van der Waals surface area contributed by atoms with Gasteiger partial charge in [-0.25, -0.2) is 4.79 Å². The largest absolute Gasteiger partial charge is 0.494 e. The average molecular weight is 322 g/mol. The second-order valence-electron chi connectivity index (χ2n) is 5.63. The van der Waals surface area contributed by atoms with Crippen LogP contribution in [-0.4, -0.2) is 19.2 Å². The van der Waals surface area contributed by atoms with Gasteiger partial charge >= 0.3 is 5.97 Å². The molecule has 0 fully saturated rings. The third-order valence-electron chi connectivity index (χ3n) is 3.60. The molecule has 0 amide bonds. The van der Waals surface area contributed by atoms with Gasteiger partial charge in [-0.05, 0) is 31.5 Å². The molecule has 0 unspecified atom stereocenters. The van der Waals surface area contributed by atoms with Crippen LogP contribution in [0.25, 0.3) is 0 Å². The summed E-state index contributed by atoms with van der Waals surface area (Å²) >= 11 is 0. The van der Waals surface area contributed by atoms with Crippen molar-refractivity contribution in [2.24, 2.45) is 0 Å². The second-order valence-corrected chi connectivity index (χ2v) is 5.63. The molecule has 0 saturated heterocycles. The molecule has 0 aliphatic heterocycles. The molecule has 130 valence electrons. The summed E-state index contributed by atoms with van der Waals surface area (Å²) in [5, 5.41) is 0. The molecule has 1 aromatic rings. The van der Waals surface area contributed by atoms with Crippen LogP contribution in [0.4, 0.5) is 0 Å². The van der Waals surface area contributed by atoms with Gasteiger partial charge in [0.1, 0.15) is 5.75 Å². The summed E-state index contributed by atoms with van der Waals surface area (Å²) in [7, 11) is 0. The number of unbranched alkanes of at least 4 members (excludes halogenated alkanes) is 7. The third-order valence-corrected chi connectivity index (χ3v) is 3.60. The predicted octanol–water partition coefficient (Wildman–Crippen LogP) is 5.31. The molecule has 23 heavy (non-hydrogen) atoms. The zero-order valence-electron chi connectivity index (χ0n) is 14.5. The molecule has 0 heterocycles. The molecule has 0 saturated carbocycles. The number of benzene rings is 1. The Kier molecular flexibility index (Phi) is 11.0. The molecule has 0 atom stereocenters. The summed E-state index contributed by atoms with van der Waals surface area (Å²) in [5.41, 5.74) is 0.437. The van der Waals surface area contributed by atoms with Crippen LogP contribution in [0.2, 0.25) is 0 Å². The lowest BCUT2D eigenvalue weighted by Crippen LogP contribution is -2.07. The highest BCUT2D eigenvalue weighted by Gasteiger charge is 2.09. The van der Waals surface area contributed by atoms with Gasteiger partial charge in [0.05, 0.1) is 18.8 Å². The van der Waals surface area contributed by atoms with Crippen LogP contribution in [0.5, 0.6) is 5.75 Å². The first kappa shape index (κ1) is 19.5. The quantitative estimate of drug-likeness (QED) is 0.280. The minimum atomic E-state index is -0.480. The fourth-order valence-corrected chi connectivity index (χ4v) is 2.32. The topological polar surface area (TPSA) is 44.8 Å².